The summed E-state index contributed by atoms with van der Waals surface area (Å²) in [5.74, 6) is -0.515. The minimum atomic E-state index is -3.88. The van der Waals surface area contributed by atoms with Gasteiger partial charge in [-0.05, 0) is 18.2 Å². The molecule has 1 aromatic heterocycles. The van der Waals surface area contributed by atoms with Gasteiger partial charge in [0, 0.05) is 12.4 Å². The number of hydrogen-bond donors (Lipinski definition) is 2. The smallest absolute Gasteiger partial charge is 0.258 e. The molecule has 0 aliphatic rings. The molecule has 2 rings (SSSR count). The van der Waals surface area contributed by atoms with Gasteiger partial charge in [0.05, 0.1) is 21.2 Å². The van der Waals surface area contributed by atoms with E-state index in [1.54, 1.807) is 0 Å². The number of primary sulfonamides is 1. The standard InChI is InChI=1S/C11H9ClN4O3S/c12-9-2-1-8(20(13,18)19)3-10(9)16-11(17)7-4-14-6-15-5-7/h1-6H,(H,16,17)(H2,13,18,19). The average Bonchev–Trinajstić information content (AvgIpc) is 2.41. The van der Waals surface area contributed by atoms with Gasteiger partial charge in [0.25, 0.3) is 5.91 Å². The Balaban J connectivity index is 2.32. The predicted molar refractivity (Wildman–Crippen MR) is 72.8 cm³/mol. The fraction of sp³-hybridized carbons (Fsp3) is 0. The molecule has 0 radical (unpaired) electrons. The van der Waals surface area contributed by atoms with Gasteiger partial charge in [-0.3, -0.25) is 4.79 Å². The molecule has 104 valence electrons. The number of carbonyl (C=O) groups is 1. The van der Waals surface area contributed by atoms with Crippen LogP contribution in [0.1, 0.15) is 10.4 Å². The summed E-state index contributed by atoms with van der Waals surface area (Å²) in [5.41, 5.74) is 0.344. The number of carbonyl (C=O) groups excluding carboxylic acids is 1. The van der Waals surface area contributed by atoms with Crippen LogP contribution in [0.2, 0.25) is 5.02 Å². The van der Waals surface area contributed by atoms with Crippen molar-refractivity contribution in [2.75, 3.05) is 5.32 Å². The van der Waals surface area contributed by atoms with Gasteiger partial charge in [-0.25, -0.2) is 23.5 Å². The van der Waals surface area contributed by atoms with Crippen LogP contribution in [0.4, 0.5) is 5.69 Å². The zero-order valence-corrected chi connectivity index (χ0v) is 11.5. The molecule has 2 aromatic rings. The van der Waals surface area contributed by atoms with Gasteiger partial charge in [0.2, 0.25) is 10.0 Å². The third kappa shape index (κ3) is 3.29. The zero-order valence-electron chi connectivity index (χ0n) is 9.95. The molecule has 7 nitrogen and oxygen atoms in total. The molecule has 9 heteroatoms. The Morgan fingerprint density at radius 2 is 1.90 bits per heavy atom. The van der Waals surface area contributed by atoms with E-state index in [1.807, 2.05) is 0 Å². The van der Waals surface area contributed by atoms with E-state index in [9.17, 15) is 13.2 Å². The summed E-state index contributed by atoms with van der Waals surface area (Å²) in [5, 5.41) is 7.67. The van der Waals surface area contributed by atoms with Crippen molar-refractivity contribution in [1.29, 1.82) is 0 Å². The second-order valence-electron chi connectivity index (χ2n) is 3.77. The topological polar surface area (TPSA) is 115 Å². The molecule has 1 heterocycles. The summed E-state index contributed by atoms with van der Waals surface area (Å²) in [7, 11) is -3.88. The maximum atomic E-state index is 11.9. The highest BCUT2D eigenvalue weighted by Gasteiger charge is 2.13. The largest absolute Gasteiger partial charge is 0.320 e. The molecule has 0 fully saturated rings. The SMILES string of the molecule is NS(=O)(=O)c1ccc(Cl)c(NC(=O)c2cncnc2)c1. The Bertz CT molecular complexity index is 750. The molecule has 3 N–H and O–H groups in total. The van der Waals surface area contributed by atoms with Crippen molar-refractivity contribution in [1.82, 2.24) is 9.97 Å². The van der Waals surface area contributed by atoms with Crippen molar-refractivity contribution in [3.63, 3.8) is 0 Å². The monoisotopic (exact) mass is 312 g/mol. The first kappa shape index (κ1) is 14.4. The van der Waals surface area contributed by atoms with Crippen molar-refractivity contribution >= 4 is 33.2 Å². The van der Waals surface area contributed by atoms with E-state index < -0.39 is 15.9 Å². The first-order valence-corrected chi connectivity index (χ1v) is 7.19. The number of nitrogens with zero attached hydrogens (tertiary/aromatic N) is 2. The van der Waals surface area contributed by atoms with E-state index in [-0.39, 0.29) is 21.2 Å². The van der Waals surface area contributed by atoms with Crippen molar-refractivity contribution in [3.05, 3.63) is 47.5 Å². The first-order chi connectivity index (χ1) is 9.38. The van der Waals surface area contributed by atoms with Gasteiger partial charge >= 0.3 is 0 Å². The summed E-state index contributed by atoms with van der Waals surface area (Å²) in [4.78, 5) is 19.2. The number of nitrogens with one attached hydrogen (secondary N) is 1. The van der Waals surface area contributed by atoms with E-state index in [0.717, 1.165) is 0 Å². The van der Waals surface area contributed by atoms with Gasteiger partial charge in [-0.1, -0.05) is 11.6 Å². The summed E-state index contributed by atoms with van der Waals surface area (Å²) in [6.07, 6.45) is 3.92. The van der Waals surface area contributed by atoms with Gasteiger partial charge in [0.1, 0.15) is 6.33 Å². The number of halogens is 1. The Labute approximate surface area is 119 Å². The van der Waals surface area contributed by atoms with Crippen molar-refractivity contribution in [3.8, 4) is 0 Å². The molecule has 0 unspecified atom stereocenters. The number of benzene rings is 1. The van der Waals surface area contributed by atoms with Crippen LogP contribution in [0, 0.1) is 0 Å². The lowest BCUT2D eigenvalue weighted by Gasteiger charge is -2.08. The Hall–Kier alpha value is -2.03. The van der Waals surface area contributed by atoms with E-state index in [1.165, 1.54) is 36.9 Å². The van der Waals surface area contributed by atoms with Crippen LogP contribution in [0.5, 0.6) is 0 Å². The lowest BCUT2D eigenvalue weighted by Crippen LogP contribution is -2.15. The molecule has 0 bridgehead atoms. The highest BCUT2D eigenvalue weighted by Crippen LogP contribution is 2.25. The number of amides is 1. The summed E-state index contributed by atoms with van der Waals surface area (Å²) in [6.45, 7) is 0. The molecule has 1 aromatic carbocycles. The number of hydrogen-bond acceptors (Lipinski definition) is 5. The quantitative estimate of drug-likeness (QED) is 0.878. The normalized spacial score (nSPS) is 11.1. The average molecular weight is 313 g/mol. The second kappa shape index (κ2) is 5.53. The van der Waals surface area contributed by atoms with Crippen LogP contribution >= 0.6 is 11.6 Å². The van der Waals surface area contributed by atoms with Gasteiger partial charge in [-0.2, -0.15) is 0 Å². The van der Waals surface area contributed by atoms with Crippen LogP contribution in [-0.4, -0.2) is 24.3 Å². The summed E-state index contributed by atoms with van der Waals surface area (Å²) < 4.78 is 22.5. The third-order valence-electron chi connectivity index (χ3n) is 2.34. The van der Waals surface area contributed by atoms with E-state index in [0.29, 0.717) is 0 Å². The van der Waals surface area contributed by atoms with Gasteiger partial charge in [-0.15, -0.1) is 0 Å². The molecule has 0 spiro atoms. The molecule has 0 aliphatic carbocycles. The van der Waals surface area contributed by atoms with Gasteiger partial charge in [0.15, 0.2) is 0 Å². The fourth-order valence-electron chi connectivity index (χ4n) is 1.39. The van der Waals surface area contributed by atoms with Crippen molar-refractivity contribution < 1.29 is 13.2 Å². The molecular formula is C11H9ClN4O3S. The predicted octanol–water partition coefficient (Wildman–Crippen LogP) is 1.03. The third-order valence-corrected chi connectivity index (χ3v) is 3.58. The minimum Gasteiger partial charge on any atom is -0.320 e. The van der Waals surface area contributed by atoms with Crippen LogP contribution in [0.3, 0.4) is 0 Å². The Morgan fingerprint density at radius 1 is 1.25 bits per heavy atom. The highest BCUT2D eigenvalue weighted by atomic mass is 35.5. The zero-order chi connectivity index (χ0) is 14.8. The highest BCUT2D eigenvalue weighted by molar-refractivity contribution is 7.89. The number of aromatic nitrogens is 2. The molecule has 0 aliphatic heterocycles. The number of rotatable bonds is 3. The van der Waals surface area contributed by atoms with E-state index in [4.69, 9.17) is 16.7 Å². The number of nitrogens with two attached hydrogens (primary N) is 1. The van der Waals surface area contributed by atoms with E-state index >= 15 is 0 Å². The minimum absolute atomic E-state index is 0.132. The van der Waals surface area contributed by atoms with Crippen LogP contribution in [-0.2, 0) is 10.0 Å². The van der Waals surface area contributed by atoms with Crippen LogP contribution in [0.15, 0.2) is 41.8 Å². The lowest BCUT2D eigenvalue weighted by molar-refractivity contribution is 0.102. The van der Waals surface area contributed by atoms with Crippen LogP contribution in [0.25, 0.3) is 0 Å². The summed E-state index contributed by atoms with van der Waals surface area (Å²) >= 11 is 5.90. The maximum Gasteiger partial charge on any atom is 0.258 e. The van der Waals surface area contributed by atoms with Crippen molar-refractivity contribution in [2.45, 2.75) is 4.90 Å². The molecule has 0 saturated heterocycles. The summed E-state index contributed by atoms with van der Waals surface area (Å²) in [6, 6.07) is 3.76. The molecule has 0 saturated carbocycles. The molecule has 0 atom stereocenters. The van der Waals surface area contributed by atoms with Crippen molar-refractivity contribution in [2.24, 2.45) is 5.14 Å². The first-order valence-electron chi connectivity index (χ1n) is 5.26. The lowest BCUT2D eigenvalue weighted by atomic mass is 10.3. The maximum absolute atomic E-state index is 11.9. The molecule has 1 amide bonds. The molecule has 20 heavy (non-hydrogen) atoms. The number of anilines is 1. The fourth-order valence-corrected chi connectivity index (χ4v) is 2.09. The Morgan fingerprint density at radius 3 is 2.50 bits per heavy atom. The number of sulfonamides is 1. The Kier molecular flexibility index (Phi) is 3.98. The van der Waals surface area contributed by atoms with Gasteiger partial charge < -0.3 is 5.32 Å². The molecular weight excluding hydrogens is 304 g/mol. The second-order valence-corrected chi connectivity index (χ2v) is 5.74. The van der Waals surface area contributed by atoms with E-state index in [2.05, 4.69) is 15.3 Å². The van der Waals surface area contributed by atoms with Crippen LogP contribution < -0.4 is 10.5 Å².